The number of pyridine rings is 1. The molecular weight excluding hydrogens is 377 g/mol. The van der Waals surface area contributed by atoms with Gasteiger partial charge in [-0.05, 0) is 42.8 Å². The van der Waals surface area contributed by atoms with Crippen LogP contribution in [0, 0.1) is 17.1 Å². The van der Waals surface area contributed by atoms with Crippen molar-refractivity contribution >= 4 is 22.8 Å². The Morgan fingerprint density at radius 1 is 1.20 bits per heavy atom. The summed E-state index contributed by atoms with van der Waals surface area (Å²) >= 11 is 0. The molecule has 2 aromatic heterocycles. The van der Waals surface area contributed by atoms with E-state index in [0.29, 0.717) is 23.5 Å². The predicted octanol–water partition coefficient (Wildman–Crippen LogP) is 4.94. The van der Waals surface area contributed by atoms with Gasteiger partial charge >= 0.3 is 0 Å². The van der Waals surface area contributed by atoms with Crippen LogP contribution in [0.5, 0.6) is 0 Å². The molecule has 6 heteroatoms. The van der Waals surface area contributed by atoms with Crippen LogP contribution in [0.4, 0.5) is 10.1 Å². The summed E-state index contributed by atoms with van der Waals surface area (Å²) in [5.41, 5.74) is 11.5. The Bertz CT molecular complexity index is 1330. The van der Waals surface area contributed by atoms with Gasteiger partial charge in [-0.3, -0.25) is 9.98 Å². The van der Waals surface area contributed by atoms with Crippen molar-refractivity contribution in [3.8, 4) is 28.5 Å². The zero-order valence-electron chi connectivity index (χ0n) is 16.7. The molecule has 0 atom stereocenters. The SMILES string of the molecule is CCN=Cc1cc(-c2ncc3c(ccn3C)c2-c2ccc(C#N)c(F)c2)ccc1N. The van der Waals surface area contributed by atoms with Crippen LogP contribution >= 0.6 is 0 Å². The van der Waals surface area contributed by atoms with Crippen LogP contribution in [0.1, 0.15) is 18.1 Å². The average molecular weight is 397 g/mol. The Hall–Kier alpha value is -3.98. The molecule has 4 rings (SSSR count). The summed E-state index contributed by atoms with van der Waals surface area (Å²) in [7, 11) is 1.94. The molecule has 0 saturated carbocycles. The summed E-state index contributed by atoms with van der Waals surface area (Å²) in [6.45, 7) is 2.62. The van der Waals surface area contributed by atoms with Gasteiger partial charge in [0.25, 0.3) is 0 Å². The van der Waals surface area contributed by atoms with Crippen molar-refractivity contribution in [3.63, 3.8) is 0 Å². The number of hydrogen-bond donors (Lipinski definition) is 1. The van der Waals surface area contributed by atoms with Crippen molar-refractivity contribution in [1.82, 2.24) is 9.55 Å². The zero-order valence-corrected chi connectivity index (χ0v) is 16.7. The van der Waals surface area contributed by atoms with Gasteiger partial charge in [-0.1, -0.05) is 12.1 Å². The van der Waals surface area contributed by atoms with Crippen molar-refractivity contribution in [1.29, 1.82) is 5.26 Å². The molecule has 5 nitrogen and oxygen atoms in total. The summed E-state index contributed by atoms with van der Waals surface area (Å²) in [4.78, 5) is 9.01. The number of aliphatic imine (C=N–C) groups is 1. The Balaban J connectivity index is 2.00. The van der Waals surface area contributed by atoms with Crippen molar-refractivity contribution in [2.24, 2.45) is 12.0 Å². The van der Waals surface area contributed by atoms with Gasteiger partial charge in [0.05, 0.1) is 23.0 Å². The fourth-order valence-electron chi connectivity index (χ4n) is 3.53. The fraction of sp³-hybridized carbons (Fsp3) is 0.125. The number of anilines is 1. The highest BCUT2D eigenvalue weighted by atomic mass is 19.1. The van der Waals surface area contributed by atoms with Gasteiger partial charge in [0.1, 0.15) is 11.9 Å². The lowest BCUT2D eigenvalue weighted by molar-refractivity contribution is 0.624. The Labute approximate surface area is 173 Å². The molecule has 30 heavy (non-hydrogen) atoms. The van der Waals surface area contributed by atoms with E-state index in [1.165, 1.54) is 12.1 Å². The molecular formula is C24H20FN5. The van der Waals surface area contributed by atoms with Gasteiger partial charge in [0.2, 0.25) is 0 Å². The molecule has 0 radical (unpaired) electrons. The summed E-state index contributed by atoms with van der Waals surface area (Å²) < 4.78 is 16.4. The minimum Gasteiger partial charge on any atom is -0.398 e. The molecule has 2 aromatic carbocycles. The summed E-state index contributed by atoms with van der Waals surface area (Å²) in [6.07, 6.45) is 5.51. The summed E-state index contributed by atoms with van der Waals surface area (Å²) in [5.74, 6) is -0.554. The number of nitrogens with zero attached hydrogens (tertiary/aromatic N) is 4. The first kappa shape index (κ1) is 19.3. The van der Waals surface area contributed by atoms with E-state index in [-0.39, 0.29) is 5.56 Å². The van der Waals surface area contributed by atoms with Gasteiger partial charge in [-0.25, -0.2) is 4.39 Å². The number of hydrogen-bond acceptors (Lipinski definition) is 4. The first-order chi connectivity index (χ1) is 14.5. The van der Waals surface area contributed by atoms with E-state index in [4.69, 9.17) is 16.0 Å². The molecule has 0 amide bonds. The van der Waals surface area contributed by atoms with E-state index in [0.717, 1.165) is 27.6 Å². The molecule has 2 N–H and O–H groups in total. The van der Waals surface area contributed by atoms with Gasteiger partial charge in [-0.2, -0.15) is 5.26 Å². The zero-order chi connectivity index (χ0) is 21.3. The van der Waals surface area contributed by atoms with Gasteiger partial charge in [-0.15, -0.1) is 0 Å². The Morgan fingerprint density at radius 2 is 2.00 bits per heavy atom. The van der Waals surface area contributed by atoms with E-state index < -0.39 is 5.82 Å². The molecule has 2 heterocycles. The lowest BCUT2D eigenvalue weighted by Crippen LogP contribution is -1.97. The van der Waals surface area contributed by atoms with E-state index >= 15 is 0 Å². The van der Waals surface area contributed by atoms with Crippen LogP contribution in [0.2, 0.25) is 0 Å². The third kappa shape index (κ3) is 3.31. The maximum atomic E-state index is 14.4. The number of rotatable bonds is 4. The van der Waals surface area contributed by atoms with Crippen LogP contribution < -0.4 is 5.73 Å². The van der Waals surface area contributed by atoms with Gasteiger partial charge in [0.15, 0.2) is 0 Å². The van der Waals surface area contributed by atoms with E-state index in [1.807, 2.05) is 61.3 Å². The largest absolute Gasteiger partial charge is 0.398 e. The normalized spacial score (nSPS) is 11.3. The average Bonchev–Trinajstić information content (AvgIpc) is 3.13. The number of nitriles is 1. The lowest BCUT2D eigenvalue weighted by atomic mass is 9.94. The van der Waals surface area contributed by atoms with Gasteiger partial charge < -0.3 is 10.3 Å². The Kier molecular flexibility index (Phi) is 5.03. The maximum Gasteiger partial charge on any atom is 0.141 e. The van der Waals surface area contributed by atoms with Crippen LogP contribution in [0.3, 0.4) is 0 Å². The van der Waals surface area contributed by atoms with Crippen molar-refractivity contribution in [2.45, 2.75) is 6.92 Å². The molecule has 0 bridgehead atoms. The van der Waals surface area contributed by atoms with E-state index in [1.54, 1.807) is 12.3 Å². The smallest absolute Gasteiger partial charge is 0.141 e. The van der Waals surface area contributed by atoms with Crippen molar-refractivity contribution in [2.75, 3.05) is 12.3 Å². The van der Waals surface area contributed by atoms with E-state index in [2.05, 4.69) is 4.99 Å². The summed E-state index contributed by atoms with van der Waals surface area (Å²) in [5, 5.41) is 10.0. The lowest BCUT2D eigenvalue weighted by Gasteiger charge is -2.13. The molecule has 4 aromatic rings. The quantitative estimate of drug-likeness (QED) is 0.391. The predicted molar refractivity (Wildman–Crippen MR) is 119 cm³/mol. The van der Waals surface area contributed by atoms with Crippen LogP contribution in [0.15, 0.2) is 59.9 Å². The fourth-order valence-corrected chi connectivity index (χ4v) is 3.53. The Morgan fingerprint density at radius 3 is 2.73 bits per heavy atom. The second kappa shape index (κ2) is 7.80. The number of aryl methyl sites for hydroxylation is 1. The molecule has 0 aliphatic carbocycles. The van der Waals surface area contributed by atoms with Crippen LogP contribution in [-0.4, -0.2) is 22.3 Å². The highest BCUT2D eigenvalue weighted by molar-refractivity contribution is 6.02. The van der Waals surface area contributed by atoms with Crippen molar-refractivity contribution < 1.29 is 4.39 Å². The third-order valence-corrected chi connectivity index (χ3v) is 5.09. The first-order valence-corrected chi connectivity index (χ1v) is 9.57. The highest BCUT2D eigenvalue weighted by Crippen LogP contribution is 2.38. The number of fused-ring (bicyclic) bond motifs is 1. The molecule has 0 unspecified atom stereocenters. The summed E-state index contributed by atoms with van der Waals surface area (Å²) in [6, 6.07) is 14.2. The molecule has 0 spiro atoms. The van der Waals surface area contributed by atoms with Gasteiger partial charge in [0, 0.05) is 53.8 Å². The minimum atomic E-state index is -0.554. The highest BCUT2D eigenvalue weighted by Gasteiger charge is 2.17. The molecule has 0 saturated heterocycles. The van der Waals surface area contributed by atoms with E-state index in [9.17, 15) is 4.39 Å². The number of benzene rings is 2. The van der Waals surface area contributed by atoms with Crippen LogP contribution in [-0.2, 0) is 7.05 Å². The second-order valence-electron chi connectivity index (χ2n) is 6.99. The number of nitrogen functional groups attached to an aromatic ring is 1. The van der Waals surface area contributed by atoms with Crippen molar-refractivity contribution in [3.05, 3.63) is 71.8 Å². The maximum absolute atomic E-state index is 14.4. The third-order valence-electron chi connectivity index (χ3n) is 5.09. The minimum absolute atomic E-state index is 0.0130. The molecule has 148 valence electrons. The number of aromatic nitrogens is 2. The molecule has 0 aliphatic rings. The number of halogens is 1. The monoisotopic (exact) mass is 397 g/mol. The first-order valence-electron chi connectivity index (χ1n) is 9.57. The topological polar surface area (TPSA) is 80.0 Å². The van der Waals surface area contributed by atoms with Crippen LogP contribution in [0.25, 0.3) is 33.3 Å². The second-order valence-corrected chi connectivity index (χ2v) is 6.99. The number of nitrogens with two attached hydrogens (primary N) is 1. The standard InChI is InChI=1S/C24H20FN5/c1-3-28-13-18-10-16(6-7-21(18)27)24-23(15-4-5-17(12-26)20(25)11-15)19-8-9-30(2)22(19)14-29-24/h4-11,13-14H,3,27H2,1-2H3. The molecule has 0 aliphatic heterocycles. The molecule has 0 fully saturated rings.